The van der Waals surface area contributed by atoms with Crippen LogP contribution < -0.4 is 5.32 Å². The molecule has 1 amide bonds. The van der Waals surface area contributed by atoms with E-state index in [2.05, 4.69) is 5.32 Å². The first-order valence-corrected chi connectivity index (χ1v) is 10.5. The molecule has 0 bridgehead atoms. The first-order chi connectivity index (χ1) is 12.9. The van der Waals surface area contributed by atoms with E-state index in [0.29, 0.717) is 18.5 Å². The quantitative estimate of drug-likeness (QED) is 0.849. The van der Waals surface area contributed by atoms with Crippen LogP contribution in [0.15, 0.2) is 53.4 Å². The van der Waals surface area contributed by atoms with Crippen molar-refractivity contribution in [3.05, 3.63) is 59.9 Å². The molecule has 7 heteroatoms. The van der Waals surface area contributed by atoms with Gasteiger partial charge in [-0.3, -0.25) is 4.79 Å². The molecule has 0 saturated carbocycles. The SMILES string of the molecule is CCc1cccc(NC(=O)C2CCCCN2S(=O)(=O)c2ccc(F)cc2)c1. The van der Waals surface area contributed by atoms with Crippen molar-refractivity contribution in [1.82, 2.24) is 4.31 Å². The number of carbonyl (C=O) groups is 1. The average molecular weight is 390 g/mol. The molecule has 1 atom stereocenters. The van der Waals surface area contributed by atoms with Gasteiger partial charge in [-0.25, -0.2) is 12.8 Å². The van der Waals surface area contributed by atoms with E-state index in [9.17, 15) is 17.6 Å². The Hall–Kier alpha value is -2.25. The number of sulfonamides is 1. The number of anilines is 1. The Morgan fingerprint density at radius 1 is 1.19 bits per heavy atom. The Morgan fingerprint density at radius 3 is 2.63 bits per heavy atom. The Balaban J connectivity index is 1.84. The first kappa shape index (κ1) is 19.5. The van der Waals surface area contributed by atoms with Crippen molar-refractivity contribution in [2.24, 2.45) is 0 Å². The predicted molar refractivity (Wildman–Crippen MR) is 102 cm³/mol. The van der Waals surface area contributed by atoms with Gasteiger partial charge in [-0.15, -0.1) is 0 Å². The van der Waals surface area contributed by atoms with E-state index in [-0.39, 0.29) is 17.3 Å². The third-order valence-electron chi connectivity index (χ3n) is 4.78. The molecule has 1 heterocycles. The van der Waals surface area contributed by atoms with Gasteiger partial charge in [0.1, 0.15) is 11.9 Å². The number of hydrogen-bond donors (Lipinski definition) is 1. The Bertz CT molecular complexity index is 913. The molecule has 1 aliphatic rings. The predicted octanol–water partition coefficient (Wildman–Crippen LogP) is 3.57. The number of nitrogens with zero attached hydrogens (tertiary/aromatic N) is 1. The normalized spacial score (nSPS) is 18.2. The van der Waals surface area contributed by atoms with Crippen molar-refractivity contribution < 1.29 is 17.6 Å². The minimum absolute atomic E-state index is 0.00317. The maximum absolute atomic E-state index is 13.2. The summed E-state index contributed by atoms with van der Waals surface area (Å²) in [6, 6.07) is 11.4. The number of hydrogen-bond acceptors (Lipinski definition) is 3. The maximum Gasteiger partial charge on any atom is 0.243 e. The molecule has 3 rings (SSSR count). The molecular formula is C20H23FN2O3S. The molecule has 1 unspecified atom stereocenters. The summed E-state index contributed by atoms with van der Waals surface area (Å²) in [6.45, 7) is 2.30. The van der Waals surface area contributed by atoms with Crippen molar-refractivity contribution in [3.63, 3.8) is 0 Å². The first-order valence-electron chi connectivity index (χ1n) is 9.09. The second-order valence-electron chi connectivity index (χ2n) is 6.62. The van der Waals surface area contributed by atoms with Gasteiger partial charge in [0, 0.05) is 12.2 Å². The lowest BCUT2D eigenvalue weighted by Crippen LogP contribution is -2.49. The second kappa shape index (κ2) is 8.19. The van der Waals surface area contributed by atoms with Crippen molar-refractivity contribution in [2.75, 3.05) is 11.9 Å². The molecule has 5 nitrogen and oxygen atoms in total. The molecule has 0 radical (unpaired) electrons. The smallest absolute Gasteiger partial charge is 0.243 e. The number of carbonyl (C=O) groups excluding carboxylic acids is 1. The van der Waals surface area contributed by atoms with Crippen LogP contribution in [-0.4, -0.2) is 31.2 Å². The van der Waals surface area contributed by atoms with Crippen LogP contribution in [0.4, 0.5) is 10.1 Å². The van der Waals surface area contributed by atoms with Crippen molar-refractivity contribution in [3.8, 4) is 0 Å². The highest BCUT2D eigenvalue weighted by molar-refractivity contribution is 7.89. The molecule has 27 heavy (non-hydrogen) atoms. The topological polar surface area (TPSA) is 66.5 Å². The van der Waals surface area contributed by atoms with E-state index in [0.717, 1.165) is 30.5 Å². The third-order valence-corrected chi connectivity index (χ3v) is 6.70. The Labute approximate surface area is 159 Å². The number of piperidine rings is 1. The van der Waals surface area contributed by atoms with Gasteiger partial charge >= 0.3 is 0 Å². The molecule has 0 aliphatic carbocycles. The summed E-state index contributed by atoms with van der Waals surface area (Å²) in [5, 5.41) is 2.84. The van der Waals surface area contributed by atoms with Crippen LogP contribution in [0.2, 0.25) is 0 Å². The van der Waals surface area contributed by atoms with Crippen LogP contribution in [0.1, 0.15) is 31.7 Å². The van der Waals surface area contributed by atoms with Gasteiger partial charge in [0.2, 0.25) is 15.9 Å². The Morgan fingerprint density at radius 2 is 1.93 bits per heavy atom. The van der Waals surface area contributed by atoms with Crippen LogP contribution in [0.25, 0.3) is 0 Å². The third kappa shape index (κ3) is 4.36. The number of aryl methyl sites for hydroxylation is 1. The zero-order valence-corrected chi connectivity index (χ0v) is 16.0. The van der Waals surface area contributed by atoms with Crippen LogP contribution >= 0.6 is 0 Å². The number of rotatable bonds is 5. The molecule has 1 fully saturated rings. The molecule has 2 aromatic carbocycles. The summed E-state index contributed by atoms with van der Waals surface area (Å²) < 4.78 is 40.4. The van der Waals surface area contributed by atoms with Crippen molar-refractivity contribution >= 4 is 21.6 Å². The molecule has 2 aromatic rings. The summed E-state index contributed by atoms with van der Waals surface area (Å²) in [4.78, 5) is 12.8. The van der Waals surface area contributed by atoms with Gasteiger partial charge in [0.25, 0.3) is 0 Å². The fraction of sp³-hybridized carbons (Fsp3) is 0.350. The molecule has 1 saturated heterocycles. The zero-order chi connectivity index (χ0) is 19.4. The van der Waals surface area contributed by atoms with Gasteiger partial charge in [0.15, 0.2) is 0 Å². The van der Waals surface area contributed by atoms with Crippen LogP contribution in [-0.2, 0) is 21.2 Å². The Kier molecular flexibility index (Phi) is 5.92. The van der Waals surface area contributed by atoms with Crippen LogP contribution in [0.5, 0.6) is 0 Å². The fourth-order valence-corrected chi connectivity index (χ4v) is 4.95. The number of halogens is 1. The second-order valence-corrected chi connectivity index (χ2v) is 8.51. The van der Waals surface area contributed by atoms with E-state index in [4.69, 9.17) is 0 Å². The molecule has 0 spiro atoms. The van der Waals surface area contributed by atoms with Gasteiger partial charge in [-0.05, 0) is 61.2 Å². The van der Waals surface area contributed by atoms with Gasteiger partial charge in [0.05, 0.1) is 4.90 Å². The lowest BCUT2D eigenvalue weighted by atomic mass is 10.0. The lowest BCUT2D eigenvalue weighted by molar-refractivity contribution is -0.120. The maximum atomic E-state index is 13.2. The van der Waals surface area contributed by atoms with Gasteiger partial charge in [-0.1, -0.05) is 25.5 Å². The summed E-state index contributed by atoms with van der Waals surface area (Å²) in [6.07, 6.45) is 2.77. The molecule has 1 N–H and O–H groups in total. The highest BCUT2D eigenvalue weighted by Gasteiger charge is 2.37. The van der Waals surface area contributed by atoms with E-state index >= 15 is 0 Å². The molecule has 0 aromatic heterocycles. The van der Waals surface area contributed by atoms with Crippen LogP contribution in [0.3, 0.4) is 0 Å². The van der Waals surface area contributed by atoms with Crippen LogP contribution in [0, 0.1) is 5.82 Å². The molecule has 144 valence electrons. The number of amides is 1. The summed E-state index contributed by atoms with van der Waals surface area (Å²) in [7, 11) is -3.87. The molecular weight excluding hydrogens is 367 g/mol. The van der Waals surface area contributed by atoms with E-state index in [1.165, 1.54) is 16.4 Å². The summed E-state index contributed by atoms with van der Waals surface area (Å²) >= 11 is 0. The zero-order valence-electron chi connectivity index (χ0n) is 15.2. The van der Waals surface area contributed by atoms with E-state index in [1.54, 1.807) is 6.07 Å². The number of nitrogens with one attached hydrogen (secondary N) is 1. The lowest BCUT2D eigenvalue weighted by Gasteiger charge is -2.33. The van der Waals surface area contributed by atoms with Crippen molar-refractivity contribution in [1.29, 1.82) is 0 Å². The van der Waals surface area contributed by atoms with E-state index < -0.39 is 21.9 Å². The summed E-state index contributed by atoms with van der Waals surface area (Å²) in [5.74, 6) is -0.841. The standard InChI is InChI=1S/C20H23FN2O3S/c1-2-15-6-5-7-17(14-15)22-20(24)19-8-3-4-13-23(19)27(25,26)18-11-9-16(21)10-12-18/h5-7,9-12,14,19H,2-4,8,13H2,1H3,(H,22,24). The minimum atomic E-state index is -3.87. The van der Waals surface area contributed by atoms with E-state index in [1.807, 2.05) is 25.1 Å². The molecule has 1 aliphatic heterocycles. The summed E-state index contributed by atoms with van der Waals surface area (Å²) in [5.41, 5.74) is 1.75. The highest BCUT2D eigenvalue weighted by atomic mass is 32.2. The van der Waals surface area contributed by atoms with Gasteiger partial charge in [-0.2, -0.15) is 4.31 Å². The van der Waals surface area contributed by atoms with Gasteiger partial charge < -0.3 is 5.32 Å². The number of benzene rings is 2. The van der Waals surface area contributed by atoms with Crippen molar-refractivity contribution in [2.45, 2.75) is 43.5 Å². The monoisotopic (exact) mass is 390 g/mol. The average Bonchev–Trinajstić information content (AvgIpc) is 2.68. The largest absolute Gasteiger partial charge is 0.325 e. The minimum Gasteiger partial charge on any atom is -0.325 e. The fourth-order valence-electron chi connectivity index (χ4n) is 3.29. The highest BCUT2D eigenvalue weighted by Crippen LogP contribution is 2.26.